The predicted molar refractivity (Wildman–Crippen MR) is 199 cm³/mol. The molecule has 0 amide bonds. The quantitative estimate of drug-likeness (QED) is 0.0683. The van der Waals surface area contributed by atoms with Crippen LogP contribution in [0.25, 0.3) is 0 Å². The largest absolute Gasteiger partial charge is 0.394 e. The van der Waals surface area contributed by atoms with Crippen molar-refractivity contribution in [2.75, 3.05) is 39.6 Å². The van der Waals surface area contributed by atoms with Crippen LogP contribution in [0.5, 0.6) is 0 Å². The van der Waals surface area contributed by atoms with E-state index in [0.717, 1.165) is 0 Å². The summed E-state index contributed by atoms with van der Waals surface area (Å²) in [6.07, 6.45) is -54.2. The van der Waals surface area contributed by atoms with E-state index in [0.29, 0.717) is 0 Å². The Labute approximate surface area is 378 Å². The summed E-state index contributed by atoms with van der Waals surface area (Å²) in [6.45, 7) is -4.51. The lowest BCUT2D eigenvalue weighted by atomic mass is 9.97. The second kappa shape index (κ2) is 23.5. The molecule has 0 bridgehead atoms. The van der Waals surface area contributed by atoms with Crippen molar-refractivity contribution in [2.24, 2.45) is 0 Å². The molecule has 6 aliphatic heterocycles. The predicted octanol–water partition coefficient (Wildman–Crippen LogP) is -14.1. The molecule has 0 aromatic carbocycles. The molecule has 20 N–H and O–H groups in total. The van der Waals surface area contributed by atoms with Gasteiger partial charge in [0.25, 0.3) is 0 Å². The average molecular weight is 991 g/mol. The highest BCUT2D eigenvalue weighted by atomic mass is 16.8. The number of hydrogen-bond donors (Lipinski definition) is 20. The van der Waals surface area contributed by atoms with Gasteiger partial charge in [0.1, 0.15) is 146 Å². The minimum Gasteiger partial charge on any atom is -0.394 e. The Balaban J connectivity index is 1.01. The van der Waals surface area contributed by atoms with Gasteiger partial charge in [-0.1, -0.05) is 0 Å². The summed E-state index contributed by atoms with van der Waals surface area (Å²) in [4.78, 5) is 0. The SMILES string of the molecule is OC[C@H]1O[C@@H](OC[C@H]2O[C@@H](OC[C@H]3O[C@@H](OC[C@H]4O[C@@H](OC[C@H]5OC(OC[C@H]6O[C@@H](O)[C@H](O)[C@@H](O)[C@@H]6O)[C@H](O)[C@@H](O)[C@@H]5O)[C@H](O)[C@@H](O)[C@@H]4O)[C@H](O)[C@@H](O)[C@@H]3O)[C@H](O)[C@@H](O)[C@@H]2O)[C@H](O)[C@@H](O)[C@@H]1O. The number of aliphatic hydroxyl groups is 20. The first-order valence-corrected chi connectivity index (χ1v) is 21.1. The molecule has 0 aromatic heterocycles. The van der Waals surface area contributed by atoms with Gasteiger partial charge < -0.3 is 154 Å². The van der Waals surface area contributed by atoms with Crippen LogP contribution in [0.15, 0.2) is 0 Å². The molecule has 67 heavy (non-hydrogen) atoms. The molecule has 392 valence electrons. The maximum absolute atomic E-state index is 10.7. The number of ether oxygens (including phenoxy) is 11. The molecule has 0 aromatic rings. The van der Waals surface area contributed by atoms with E-state index in [2.05, 4.69) is 0 Å². The number of rotatable bonds is 16. The van der Waals surface area contributed by atoms with Crippen molar-refractivity contribution in [3.05, 3.63) is 0 Å². The Kier molecular flexibility index (Phi) is 19.4. The molecular formula is C36H62O31. The monoisotopic (exact) mass is 990 g/mol. The van der Waals surface area contributed by atoms with Gasteiger partial charge in [-0.3, -0.25) is 0 Å². The Morgan fingerprint density at radius 2 is 0.418 bits per heavy atom. The van der Waals surface area contributed by atoms with E-state index < -0.39 is 224 Å². The Morgan fingerprint density at radius 3 is 0.657 bits per heavy atom. The van der Waals surface area contributed by atoms with E-state index in [4.69, 9.17) is 52.1 Å². The minimum atomic E-state index is -2.01. The van der Waals surface area contributed by atoms with E-state index in [1.807, 2.05) is 0 Å². The molecule has 6 fully saturated rings. The van der Waals surface area contributed by atoms with Crippen LogP contribution in [0, 0.1) is 0 Å². The summed E-state index contributed by atoms with van der Waals surface area (Å²) in [6, 6.07) is 0. The van der Waals surface area contributed by atoms with Gasteiger partial charge in [0.05, 0.1) is 39.6 Å². The van der Waals surface area contributed by atoms with Crippen LogP contribution in [0.2, 0.25) is 0 Å². The Bertz CT molecular complexity index is 1510. The lowest BCUT2D eigenvalue weighted by Crippen LogP contribution is -2.63. The molecule has 6 rings (SSSR count). The van der Waals surface area contributed by atoms with Crippen LogP contribution in [0.4, 0.5) is 0 Å². The van der Waals surface area contributed by atoms with Crippen LogP contribution in [0.1, 0.15) is 0 Å². The zero-order valence-electron chi connectivity index (χ0n) is 35.0. The van der Waals surface area contributed by atoms with E-state index in [1.54, 1.807) is 0 Å². The first-order valence-electron chi connectivity index (χ1n) is 21.1. The Morgan fingerprint density at radius 1 is 0.224 bits per heavy atom. The lowest BCUT2D eigenvalue weighted by Gasteiger charge is -2.44. The van der Waals surface area contributed by atoms with Crippen LogP contribution in [-0.4, -0.2) is 326 Å². The molecule has 30 atom stereocenters. The van der Waals surface area contributed by atoms with E-state index in [9.17, 15) is 102 Å². The summed E-state index contributed by atoms with van der Waals surface area (Å²) in [7, 11) is 0. The normalized spacial score (nSPS) is 53.4. The molecule has 0 aliphatic carbocycles. The topological polar surface area (TPSA) is 506 Å². The van der Waals surface area contributed by atoms with Crippen molar-refractivity contribution < 1.29 is 154 Å². The van der Waals surface area contributed by atoms with Gasteiger partial charge in [0.15, 0.2) is 37.7 Å². The van der Waals surface area contributed by atoms with Crippen molar-refractivity contribution in [3.63, 3.8) is 0 Å². The summed E-state index contributed by atoms with van der Waals surface area (Å²) in [5, 5.41) is 206. The van der Waals surface area contributed by atoms with Gasteiger partial charge in [-0.05, 0) is 0 Å². The molecule has 31 heteroatoms. The van der Waals surface area contributed by atoms with Crippen molar-refractivity contribution in [2.45, 2.75) is 184 Å². The lowest BCUT2D eigenvalue weighted by molar-refractivity contribution is -0.352. The first-order chi connectivity index (χ1) is 31.6. The summed E-state index contributed by atoms with van der Waals surface area (Å²) >= 11 is 0. The van der Waals surface area contributed by atoms with Gasteiger partial charge in [0.2, 0.25) is 0 Å². The third kappa shape index (κ3) is 12.0. The third-order valence-electron chi connectivity index (χ3n) is 12.3. The first kappa shape index (κ1) is 55.1. The third-order valence-corrected chi connectivity index (χ3v) is 12.3. The summed E-state index contributed by atoms with van der Waals surface area (Å²) in [5.74, 6) is 0. The van der Waals surface area contributed by atoms with Crippen LogP contribution in [-0.2, 0) is 52.1 Å². The van der Waals surface area contributed by atoms with Crippen LogP contribution in [0.3, 0.4) is 0 Å². The van der Waals surface area contributed by atoms with Crippen LogP contribution >= 0.6 is 0 Å². The molecule has 0 saturated carbocycles. The average Bonchev–Trinajstić information content (AvgIpc) is 3.31. The standard InChI is InChI=1S/C36H62O31/c37-1-7-13(38)20(45)26(51)32(63-7)58-3-9-15(40)22(47)28(53)34(65-9)60-5-11-17(42)24(49)30(55)36(67-11)61-6-12-18(43)23(48)29(54)35(66-12)59-4-10-16(41)21(46)27(52)33(64-10)57-2-8-14(39)19(44)25(50)31(56)62-8/h7-56H,1-6H2/t7-,8-,9-,10-,11-,12-,13-,14-,15-,16-,17-,18-,19+,20+,21+,22+,23+,24+,25-,26-,27-,28-,29-,30-,31-,32-,33?,34-,35-,36-/m1/s1. The van der Waals surface area contributed by atoms with Gasteiger partial charge in [-0.2, -0.15) is 0 Å². The van der Waals surface area contributed by atoms with Gasteiger partial charge in [-0.25, -0.2) is 0 Å². The van der Waals surface area contributed by atoms with Crippen LogP contribution < -0.4 is 0 Å². The van der Waals surface area contributed by atoms with E-state index in [-0.39, 0.29) is 0 Å². The van der Waals surface area contributed by atoms with Gasteiger partial charge in [0, 0.05) is 0 Å². The zero-order valence-corrected chi connectivity index (χ0v) is 35.0. The molecule has 6 saturated heterocycles. The zero-order chi connectivity index (χ0) is 49.3. The fourth-order valence-corrected chi connectivity index (χ4v) is 7.99. The second-order valence-corrected chi connectivity index (χ2v) is 17.0. The second-order valence-electron chi connectivity index (χ2n) is 17.0. The molecule has 1 unspecified atom stereocenters. The van der Waals surface area contributed by atoms with Crippen molar-refractivity contribution >= 4 is 0 Å². The fraction of sp³-hybridized carbons (Fsp3) is 1.00. The maximum Gasteiger partial charge on any atom is 0.186 e. The fourth-order valence-electron chi connectivity index (χ4n) is 7.99. The smallest absolute Gasteiger partial charge is 0.186 e. The highest BCUT2D eigenvalue weighted by Gasteiger charge is 2.52. The van der Waals surface area contributed by atoms with Gasteiger partial charge in [-0.15, -0.1) is 0 Å². The Hall–Kier alpha value is -1.24. The van der Waals surface area contributed by atoms with Gasteiger partial charge >= 0.3 is 0 Å². The van der Waals surface area contributed by atoms with Crippen molar-refractivity contribution in [1.29, 1.82) is 0 Å². The maximum atomic E-state index is 10.7. The van der Waals surface area contributed by atoms with E-state index in [1.165, 1.54) is 0 Å². The number of hydrogen-bond acceptors (Lipinski definition) is 31. The molecule has 6 heterocycles. The molecule has 0 spiro atoms. The molecule has 31 nitrogen and oxygen atoms in total. The number of aliphatic hydroxyl groups excluding tert-OH is 20. The summed E-state index contributed by atoms with van der Waals surface area (Å²) in [5.41, 5.74) is 0. The van der Waals surface area contributed by atoms with E-state index >= 15 is 0 Å². The molecular weight excluding hydrogens is 928 g/mol. The molecule has 6 aliphatic rings. The highest BCUT2D eigenvalue weighted by Crippen LogP contribution is 2.31. The summed E-state index contributed by atoms with van der Waals surface area (Å²) < 4.78 is 59.7. The minimum absolute atomic E-state index is 0.692. The van der Waals surface area contributed by atoms with Crippen molar-refractivity contribution in [1.82, 2.24) is 0 Å². The van der Waals surface area contributed by atoms with Crippen molar-refractivity contribution in [3.8, 4) is 0 Å². The molecule has 0 radical (unpaired) electrons. The highest BCUT2D eigenvalue weighted by molar-refractivity contribution is 4.96.